The van der Waals surface area contributed by atoms with Crippen LogP contribution in [0, 0.1) is 6.92 Å². The van der Waals surface area contributed by atoms with E-state index < -0.39 is 0 Å². The number of imidazole rings is 1. The molecule has 3 rings (SSSR count). The SMILES string of the molecule is Cc1ccn2c(Cl)nc(CN3CCCCCC3)c2c1. The Morgan fingerprint density at radius 1 is 1.21 bits per heavy atom. The molecule has 3 heterocycles. The Hall–Kier alpha value is -1.06. The van der Waals surface area contributed by atoms with Crippen LogP contribution in [-0.4, -0.2) is 27.4 Å². The van der Waals surface area contributed by atoms with Gasteiger partial charge < -0.3 is 0 Å². The first-order valence-corrected chi connectivity index (χ1v) is 7.47. The average Bonchev–Trinajstić information content (AvgIpc) is 2.58. The summed E-state index contributed by atoms with van der Waals surface area (Å²) in [5.74, 6) is 0. The molecule has 1 fully saturated rings. The number of pyridine rings is 1. The van der Waals surface area contributed by atoms with Gasteiger partial charge in [0.15, 0.2) is 0 Å². The normalized spacial score (nSPS) is 17.8. The van der Waals surface area contributed by atoms with Gasteiger partial charge in [-0.1, -0.05) is 12.8 Å². The second kappa shape index (κ2) is 5.51. The number of hydrogen-bond donors (Lipinski definition) is 0. The minimum absolute atomic E-state index is 0.569. The predicted octanol–water partition coefficient (Wildman–Crippen LogP) is 3.67. The van der Waals surface area contributed by atoms with E-state index in [0.717, 1.165) is 17.8 Å². The van der Waals surface area contributed by atoms with Crippen molar-refractivity contribution in [2.45, 2.75) is 39.2 Å². The molecule has 0 unspecified atom stereocenters. The van der Waals surface area contributed by atoms with Gasteiger partial charge in [0.25, 0.3) is 0 Å². The molecule has 0 spiro atoms. The minimum atomic E-state index is 0.569. The highest BCUT2D eigenvalue weighted by molar-refractivity contribution is 6.28. The van der Waals surface area contributed by atoms with E-state index in [2.05, 4.69) is 28.9 Å². The van der Waals surface area contributed by atoms with Crippen molar-refractivity contribution in [1.82, 2.24) is 14.3 Å². The molecule has 19 heavy (non-hydrogen) atoms. The fraction of sp³-hybridized carbons (Fsp3) is 0.533. The molecule has 0 amide bonds. The summed E-state index contributed by atoms with van der Waals surface area (Å²) >= 11 is 6.21. The molecule has 102 valence electrons. The Balaban J connectivity index is 1.89. The summed E-state index contributed by atoms with van der Waals surface area (Å²) in [5, 5.41) is 0.569. The first-order chi connectivity index (χ1) is 9.24. The molecule has 0 bridgehead atoms. The van der Waals surface area contributed by atoms with E-state index >= 15 is 0 Å². The summed E-state index contributed by atoms with van der Waals surface area (Å²) in [6.07, 6.45) is 7.34. The molecule has 1 saturated heterocycles. The van der Waals surface area contributed by atoms with Crippen molar-refractivity contribution < 1.29 is 0 Å². The van der Waals surface area contributed by atoms with Crippen molar-refractivity contribution in [1.29, 1.82) is 0 Å². The number of hydrogen-bond acceptors (Lipinski definition) is 2. The quantitative estimate of drug-likeness (QED) is 0.835. The molecule has 0 atom stereocenters. The zero-order valence-electron chi connectivity index (χ0n) is 11.4. The van der Waals surface area contributed by atoms with Crippen LogP contribution in [0.2, 0.25) is 5.28 Å². The van der Waals surface area contributed by atoms with Gasteiger partial charge >= 0.3 is 0 Å². The number of aryl methyl sites for hydroxylation is 1. The first-order valence-electron chi connectivity index (χ1n) is 7.09. The monoisotopic (exact) mass is 277 g/mol. The number of aromatic nitrogens is 2. The van der Waals surface area contributed by atoms with Crippen LogP contribution in [0.4, 0.5) is 0 Å². The number of nitrogens with zero attached hydrogens (tertiary/aromatic N) is 3. The van der Waals surface area contributed by atoms with Crippen molar-refractivity contribution >= 4 is 17.1 Å². The summed E-state index contributed by atoms with van der Waals surface area (Å²) in [4.78, 5) is 7.05. The molecule has 3 nitrogen and oxygen atoms in total. The van der Waals surface area contributed by atoms with Crippen LogP contribution in [0.1, 0.15) is 36.9 Å². The van der Waals surface area contributed by atoms with Crippen molar-refractivity contribution in [2.24, 2.45) is 0 Å². The van der Waals surface area contributed by atoms with Crippen LogP contribution < -0.4 is 0 Å². The molecule has 1 aliphatic rings. The Kier molecular flexibility index (Phi) is 3.76. The molecule has 0 saturated carbocycles. The highest BCUT2D eigenvalue weighted by atomic mass is 35.5. The summed E-state index contributed by atoms with van der Waals surface area (Å²) in [6.45, 7) is 5.39. The number of rotatable bonds is 2. The van der Waals surface area contributed by atoms with Gasteiger partial charge in [0, 0.05) is 12.7 Å². The van der Waals surface area contributed by atoms with Gasteiger partial charge in [0.1, 0.15) is 0 Å². The topological polar surface area (TPSA) is 20.5 Å². The standard InChI is InChI=1S/C15H20ClN3/c1-12-6-9-19-14(10-12)13(17-15(19)16)11-18-7-4-2-3-5-8-18/h6,9-10H,2-5,7-8,11H2,1H3. The molecule has 4 heteroatoms. The van der Waals surface area contributed by atoms with Gasteiger partial charge in [-0.3, -0.25) is 9.30 Å². The Bertz CT molecular complexity index is 568. The molecule has 2 aromatic rings. The maximum atomic E-state index is 6.21. The zero-order valence-corrected chi connectivity index (χ0v) is 12.2. The molecule has 2 aromatic heterocycles. The third kappa shape index (κ3) is 2.77. The van der Waals surface area contributed by atoms with E-state index in [4.69, 9.17) is 11.6 Å². The lowest BCUT2D eigenvalue weighted by Gasteiger charge is -2.18. The predicted molar refractivity (Wildman–Crippen MR) is 78.7 cm³/mol. The lowest BCUT2D eigenvalue weighted by atomic mass is 10.2. The van der Waals surface area contributed by atoms with E-state index in [1.165, 1.54) is 44.3 Å². The molecule has 0 aliphatic carbocycles. The van der Waals surface area contributed by atoms with Crippen molar-refractivity contribution in [3.63, 3.8) is 0 Å². The average molecular weight is 278 g/mol. The Morgan fingerprint density at radius 3 is 2.68 bits per heavy atom. The summed E-state index contributed by atoms with van der Waals surface area (Å²) in [7, 11) is 0. The molecule has 0 aromatic carbocycles. The first kappa shape index (κ1) is 12.9. The smallest absolute Gasteiger partial charge is 0.207 e. The van der Waals surface area contributed by atoms with E-state index in [9.17, 15) is 0 Å². The van der Waals surface area contributed by atoms with Gasteiger partial charge in [-0.05, 0) is 62.2 Å². The van der Waals surface area contributed by atoms with Gasteiger partial charge in [-0.15, -0.1) is 0 Å². The summed E-state index contributed by atoms with van der Waals surface area (Å²) in [6, 6.07) is 4.24. The van der Waals surface area contributed by atoms with E-state index in [1.807, 2.05) is 10.6 Å². The van der Waals surface area contributed by atoms with E-state index in [0.29, 0.717) is 5.28 Å². The number of fused-ring (bicyclic) bond motifs is 1. The minimum Gasteiger partial charge on any atom is -0.297 e. The zero-order chi connectivity index (χ0) is 13.2. The van der Waals surface area contributed by atoms with Crippen LogP contribution in [-0.2, 0) is 6.54 Å². The second-order valence-corrected chi connectivity index (χ2v) is 5.82. The van der Waals surface area contributed by atoms with Crippen molar-refractivity contribution in [3.05, 3.63) is 34.9 Å². The number of likely N-dealkylation sites (tertiary alicyclic amines) is 1. The van der Waals surface area contributed by atoms with Crippen molar-refractivity contribution in [2.75, 3.05) is 13.1 Å². The highest BCUT2D eigenvalue weighted by Crippen LogP contribution is 2.21. The van der Waals surface area contributed by atoms with Gasteiger partial charge in [-0.25, -0.2) is 4.98 Å². The van der Waals surface area contributed by atoms with Gasteiger partial charge in [-0.2, -0.15) is 0 Å². The fourth-order valence-electron chi connectivity index (χ4n) is 2.83. The van der Waals surface area contributed by atoms with Crippen molar-refractivity contribution in [3.8, 4) is 0 Å². The van der Waals surface area contributed by atoms with Crippen LogP contribution in [0.3, 0.4) is 0 Å². The fourth-order valence-corrected chi connectivity index (χ4v) is 3.08. The lowest BCUT2D eigenvalue weighted by Crippen LogP contribution is -2.24. The molecular weight excluding hydrogens is 258 g/mol. The highest BCUT2D eigenvalue weighted by Gasteiger charge is 2.15. The van der Waals surface area contributed by atoms with Crippen LogP contribution in [0.5, 0.6) is 0 Å². The molecule has 1 aliphatic heterocycles. The van der Waals surface area contributed by atoms with Gasteiger partial charge in [0.05, 0.1) is 11.2 Å². The molecular formula is C15H20ClN3. The van der Waals surface area contributed by atoms with E-state index in [-0.39, 0.29) is 0 Å². The largest absolute Gasteiger partial charge is 0.297 e. The number of halogens is 1. The van der Waals surface area contributed by atoms with Crippen LogP contribution >= 0.6 is 11.6 Å². The third-order valence-corrected chi connectivity index (χ3v) is 4.17. The maximum absolute atomic E-state index is 6.21. The molecule has 0 N–H and O–H groups in total. The second-order valence-electron chi connectivity index (χ2n) is 5.48. The Morgan fingerprint density at radius 2 is 1.95 bits per heavy atom. The van der Waals surface area contributed by atoms with Gasteiger partial charge in [0.2, 0.25) is 5.28 Å². The Labute approximate surface area is 119 Å². The molecule has 0 radical (unpaired) electrons. The van der Waals surface area contributed by atoms with Crippen LogP contribution in [0.25, 0.3) is 5.52 Å². The summed E-state index contributed by atoms with van der Waals surface area (Å²) < 4.78 is 1.97. The van der Waals surface area contributed by atoms with E-state index in [1.54, 1.807) is 0 Å². The maximum Gasteiger partial charge on any atom is 0.207 e. The van der Waals surface area contributed by atoms with Crippen LogP contribution in [0.15, 0.2) is 18.3 Å². The third-order valence-electron chi connectivity index (χ3n) is 3.90. The summed E-state index contributed by atoms with van der Waals surface area (Å²) in [5.41, 5.74) is 3.51. The lowest BCUT2D eigenvalue weighted by molar-refractivity contribution is 0.275.